The van der Waals surface area contributed by atoms with Crippen LogP contribution in [0.25, 0.3) is 11.5 Å². The van der Waals surface area contributed by atoms with Crippen molar-refractivity contribution >= 4 is 5.91 Å². The summed E-state index contributed by atoms with van der Waals surface area (Å²) in [4.78, 5) is 27.8. The highest BCUT2D eigenvalue weighted by molar-refractivity contribution is 5.94. The molecule has 1 aromatic carbocycles. The highest BCUT2D eigenvalue weighted by atomic mass is 16.2. The zero-order valence-electron chi connectivity index (χ0n) is 14.0. The molecule has 6 heteroatoms. The van der Waals surface area contributed by atoms with Crippen molar-refractivity contribution in [2.24, 2.45) is 0 Å². The van der Waals surface area contributed by atoms with Gasteiger partial charge < -0.3 is 4.90 Å². The van der Waals surface area contributed by atoms with Crippen LogP contribution in [0.1, 0.15) is 27.2 Å². The van der Waals surface area contributed by atoms with Crippen molar-refractivity contribution in [2.75, 3.05) is 6.54 Å². The molecular weight excluding hydrogens is 326 g/mol. The number of hydrogen-bond acceptors (Lipinski definition) is 5. The number of nitrogens with zero attached hydrogens (tertiary/aromatic N) is 5. The number of hydrogen-bond donors (Lipinski definition) is 0. The van der Waals surface area contributed by atoms with Gasteiger partial charge >= 0.3 is 0 Å². The first-order valence-electron chi connectivity index (χ1n) is 8.30. The monoisotopic (exact) mass is 341 g/mol. The number of amides is 1. The number of aromatic nitrogens is 3. The molecule has 126 valence electrons. The van der Waals surface area contributed by atoms with Crippen LogP contribution >= 0.6 is 0 Å². The van der Waals surface area contributed by atoms with E-state index in [2.05, 4.69) is 21.0 Å². The quantitative estimate of drug-likeness (QED) is 0.715. The number of pyridine rings is 1. The molecule has 1 aliphatic heterocycles. The minimum Gasteiger partial charge on any atom is -0.334 e. The number of rotatable bonds is 2. The van der Waals surface area contributed by atoms with Crippen molar-refractivity contribution in [3.05, 3.63) is 77.2 Å². The second-order valence-electron chi connectivity index (χ2n) is 6.05. The molecule has 0 aliphatic carbocycles. The van der Waals surface area contributed by atoms with Crippen molar-refractivity contribution < 1.29 is 4.79 Å². The Balaban J connectivity index is 1.54. The Labute approximate surface area is 150 Å². The van der Waals surface area contributed by atoms with Crippen LogP contribution in [-0.4, -0.2) is 32.3 Å². The minimum atomic E-state index is -0.0473. The standard InChI is InChI=1S/C20H15N5O/c21-11-14-4-6-15(7-5-14)20(26)25-10-8-17-16(13-25)12-23-19(24-17)18-3-1-2-9-22-18/h1-7,9,12H,8,10,13H2. The third-order valence-corrected chi connectivity index (χ3v) is 4.38. The zero-order chi connectivity index (χ0) is 17.9. The number of nitriles is 1. The van der Waals surface area contributed by atoms with Crippen molar-refractivity contribution in [3.63, 3.8) is 0 Å². The molecule has 0 saturated heterocycles. The molecule has 2 aromatic heterocycles. The summed E-state index contributed by atoms with van der Waals surface area (Å²) in [6, 6.07) is 14.4. The van der Waals surface area contributed by atoms with E-state index in [-0.39, 0.29) is 5.91 Å². The molecule has 6 nitrogen and oxygen atoms in total. The van der Waals surface area contributed by atoms with E-state index < -0.39 is 0 Å². The highest BCUT2D eigenvalue weighted by Gasteiger charge is 2.23. The number of carbonyl (C=O) groups is 1. The third-order valence-electron chi connectivity index (χ3n) is 4.38. The van der Waals surface area contributed by atoms with Crippen LogP contribution in [0.15, 0.2) is 54.9 Å². The molecule has 4 rings (SSSR count). The summed E-state index contributed by atoms with van der Waals surface area (Å²) in [5, 5.41) is 8.87. The maximum absolute atomic E-state index is 12.7. The first-order valence-corrected chi connectivity index (χ1v) is 8.30. The SMILES string of the molecule is N#Cc1ccc(C(=O)N2CCc3nc(-c4ccccn4)ncc3C2)cc1. The van der Waals surface area contributed by atoms with Crippen molar-refractivity contribution in [1.29, 1.82) is 5.26 Å². The average molecular weight is 341 g/mol. The summed E-state index contributed by atoms with van der Waals surface area (Å²) < 4.78 is 0. The van der Waals surface area contributed by atoms with Crippen molar-refractivity contribution in [1.82, 2.24) is 19.9 Å². The smallest absolute Gasteiger partial charge is 0.254 e. The molecule has 0 atom stereocenters. The summed E-state index contributed by atoms with van der Waals surface area (Å²) in [5.74, 6) is 0.560. The van der Waals surface area contributed by atoms with Crippen LogP contribution < -0.4 is 0 Å². The summed E-state index contributed by atoms with van der Waals surface area (Å²) >= 11 is 0. The molecule has 0 radical (unpaired) electrons. The van der Waals surface area contributed by atoms with Crippen molar-refractivity contribution in [2.45, 2.75) is 13.0 Å². The predicted octanol–water partition coefficient (Wildman–Crippen LogP) is 2.61. The van der Waals surface area contributed by atoms with Gasteiger partial charge in [0.25, 0.3) is 5.91 Å². The second-order valence-corrected chi connectivity index (χ2v) is 6.05. The van der Waals surface area contributed by atoms with Crippen LogP contribution in [0.2, 0.25) is 0 Å². The molecule has 3 aromatic rings. The van der Waals surface area contributed by atoms with Gasteiger partial charge in [-0.05, 0) is 36.4 Å². The van der Waals surface area contributed by atoms with E-state index in [1.54, 1.807) is 41.6 Å². The van der Waals surface area contributed by atoms with E-state index in [4.69, 9.17) is 5.26 Å². The number of carbonyl (C=O) groups excluding carboxylic acids is 1. The summed E-state index contributed by atoms with van der Waals surface area (Å²) in [6.07, 6.45) is 4.18. The van der Waals surface area contributed by atoms with Gasteiger partial charge in [0.05, 0.1) is 17.3 Å². The summed E-state index contributed by atoms with van der Waals surface area (Å²) in [7, 11) is 0. The molecule has 0 bridgehead atoms. The first-order chi connectivity index (χ1) is 12.7. The molecule has 0 saturated carbocycles. The molecule has 3 heterocycles. The Morgan fingerprint density at radius 1 is 1.12 bits per heavy atom. The normalized spacial score (nSPS) is 13.0. The zero-order valence-corrected chi connectivity index (χ0v) is 14.0. The van der Waals surface area contributed by atoms with Gasteiger partial charge in [-0.15, -0.1) is 0 Å². The molecule has 0 N–H and O–H groups in total. The van der Waals surface area contributed by atoms with Crippen LogP contribution in [-0.2, 0) is 13.0 Å². The van der Waals surface area contributed by atoms with Gasteiger partial charge in [0.15, 0.2) is 5.82 Å². The van der Waals surface area contributed by atoms with E-state index in [9.17, 15) is 4.79 Å². The maximum Gasteiger partial charge on any atom is 0.254 e. The van der Waals surface area contributed by atoms with E-state index >= 15 is 0 Å². The van der Waals surface area contributed by atoms with Gasteiger partial charge in [-0.3, -0.25) is 9.78 Å². The lowest BCUT2D eigenvalue weighted by Crippen LogP contribution is -2.36. The lowest BCUT2D eigenvalue weighted by atomic mass is 10.1. The van der Waals surface area contributed by atoms with Crippen LogP contribution in [0.5, 0.6) is 0 Å². The largest absolute Gasteiger partial charge is 0.334 e. The molecule has 0 spiro atoms. The van der Waals surface area contributed by atoms with Crippen LogP contribution in [0.4, 0.5) is 0 Å². The minimum absolute atomic E-state index is 0.0473. The topological polar surface area (TPSA) is 82.8 Å². The Hall–Kier alpha value is -3.59. The fourth-order valence-corrected chi connectivity index (χ4v) is 2.98. The van der Waals surface area contributed by atoms with E-state index in [0.29, 0.717) is 36.5 Å². The Morgan fingerprint density at radius 3 is 2.69 bits per heavy atom. The molecular formula is C20H15N5O. The number of benzene rings is 1. The highest BCUT2D eigenvalue weighted by Crippen LogP contribution is 2.21. The van der Waals surface area contributed by atoms with E-state index in [1.165, 1.54) is 0 Å². The molecule has 1 aliphatic rings. The van der Waals surface area contributed by atoms with Gasteiger partial charge in [0.2, 0.25) is 0 Å². The average Bonchev–Trinajstić information content (AvgIpc) is 2.73. The van der Waals surface area contributed by atoms with Gasteiger partial charge in [-0.1, -0.05) is 6.07 Å². The molecule has 0 unspecified atom stereocenters. The second kappa shape index (κ2) is 6.73. The molecule has 1 amide bonds. The Kier molecular flexibility index (Phi) is 4.12. The van der Waals surface area contributed by atoms with Crippen LogP contribution in [0, 0.1) is 11.3 Å². The Bertz CT molecular complexity index is 993. The Morgan fingerprint density at radius 2 is 1.96 bits per heavy atom. The fourth-order valence-electron chi connectivity index (χ4n) is 2.98. The van der Waals surface area contributed by atoms with Gasteiger partial charge in [-0.25, -0.2) is 9.97 Å². The summed E-state index contributed by atoms with van der Waals surface area (Å²) in [5.41, 5.74) is 3.79. The fraction of sp³-hybridized carbons (Fsp3) is 0.150. The predicted molar refractivity (Wildman–Crippen MR) is 94.9 cm³/mol. The molecule has 0 fully saturated rings. The van der Waals surface area contributed by atoms with Gasteiger partial charge in [0.1, 0.15) is 5.69 Å². The number of fused-ring (bicyclic) bond motifs is 1. The molecule has 26 heavy (non-hydrogen) atoms. The van der Waals surface area contributed by atoms with Gasteiger partial charge in [0, 0.05) is 43.0 Å². The first kappa shape index (κ1) is 15.9. The lowest BCUT2D eigenvalue weighted by molar-refractivity contribution is 0.0733. The van der Waals surface area contributed by atoms with Gasteiger partial charge in [-0.2, -0.15) is 5.26 Å². The van der Waals surface area contributed by atoms with Crippen molar-refractivity contribution in [3.8, 4) is 17.6 Å². The lowest BCUT2D eigenvalue weighted by Gasteiger charge is -2.28. The maximum atomic E-state index is 12.7. The summed E-state index contributed by atoms with van der Waals surface area (Å²) in [6.45, 7) is 1.08. The van der Waals surface area contributed by atoms with E-state index in [1.807, 2.05) is 18.2 Å². The van der Waals surface area contributed by atoms with Crippen LogP contribution in [0.3, 0.4) is 0 Å². The van der Waals surface area contributed by atoms with E-state index in [0.717, 1.165) is 17.0 Å². The third kappa shape index (κ3) is 3.03.